The van der Waals surface area contributed by atoms with Crippen molar-refractivity contribution in [3.63, 3.8) is 0 Å². The summed E-state index contributed by atoms with van der Waals surface area (Å²) in [6.45, 7) is 2.30. The Bertz CT molecular complexity index is 1390. The Morgan fingerprint density at radius 1 is 1.17 bits per heavy atom. The highest BCUT2D eigenvalue weighted by Gasteiger charge is 2.60. The Kier molecular flexibility index (Phi) is 5.56. The average Bonchev–Trinajstić information content (AvgIpc) is 3.11. The lowest BCUT2D eigenvalue weighted by molar-refractivity contribution is -0.139. The number of aromatic nitrogens is 2. The number of carbonyl (C=O) groups excluding carboxylic acids is 1. The van der Waals surface area contributed by atoms with Crippen LogP contribution in [0.3, 0.4) is 0 Å². The van der Waals surface area contributed by atoms with Gasteiger partial charge in [0.15, 0.2) is 0 Å². The minimum atomic E-state index is -4.48. The standard InChI is InChI=1S/C24H20Cl2F3N3O3/c1-10-5-11(24(27,28)29)6-17-21(10)30-18(31(17)2)7-13-16(25)4-3-12(20(13)26)22(33)32-8-14-15(9-32)19(14)23(34)35/h3-6,14-15,19H,7-9H2,1-2H3,(H,34,35)/t14-,15?,19?/m0/s1. The maximum absolute atomic E-state index is 13.3. The molecule has 0 radical (unpaired) electrons. The topological polar surface area (TPSA) is 75.4 Å². The highest BCUT2D eigenvalue weighted by Crippen LogP contribution is 2.52. The van der Waals surface area contributed by atoms with E-state index in [0.29, 0.717) is 46.1 Å². The Hall–Kier alpha value is -2.78. The molecule has 0 spiro atoms. The number of hydrogen-bond acceptors (Lipinski definition) is 3. The smallest absolute Gasteiger partial charge is 0.416 e. The number of aliphatic carboxylic acids is 1. The van der Waals surface area contributed by atoms with Crippen molar-refractivity contribution < 1.29 is 27.9 Å². The summed E-state index contributed by atoms with van der Waals surface area (Å²) in [5.41, 5.74) is 1.10. The summed E-state index contributed by atoms with van der Waals surface area (Å²) in [5, 5.41) is 9.65. The molecule has 2 unspecified atom stereocenters. The van der Waals surface area contributed by atoms with Crippen LogP contribution >= 0.6 is 23.2 Å². The number of carboxylic acids is 1. The molecular weight excluding hydrogens is 506 g/mol. The number of halogens is 5. The Morgan fingerprint density at radius 2 is 1.83 bits per heavy atom. The molecule has 11 heteroatoms. The molecule has 2 heterocycles. The van der Waals surface area contributed by atoms with E-state index in [9.17, 15) is 27.9 Å². The summed E-state index contributed by atoms with van der Waals surface area (Å²) < 4.78 is 41.4. The molecule has 184 valence electrons. The van der Waals surface area contributed by atoms with Crippen LogP contribution < -0.4 is 0 Å². The van der Waals surface area contributed by atoms with Gasteiger partial charge in [-0.1, -0.05) is 23.2 Å². The van der Waals surface area contributed by atoms with Gasteiger partial charge in [0.1, 0.15) is 5.82 Å². The SMILES string of the molecule is Cc1cc(C(F)(F)F)cc2c1nc(Cc1c(Cl)ccc(C(=O)N3CC4C(C(=O)O)[C@H]4C3)c1Cl)n2C. The number of carbonyl (C=O) groups is 2. The lowest BCUT2D eigenvalue weighted by Crippen LogP contribution is -2.32. The van der Waals surface area contributed by atoms with Crippen LogP contribution in [0.1, 0.15) is 32.9 Å². The molecule has 1 aliphatic carbocycles. The first-order valence-electron chi connectivity index (χ1n) is 10.9. The van der Waals surface area contributed by atoms with E-state index >= 15 is 0 Å². The highest BCUT2D eigenvalue weighted by atomic mass is 35.5. The van der Waals surface area contributed by atoms with E-state index in [0.717, 1.165) is 12.1 Å². The average molecular weight is 526 g/mol. The lowest BCUT2D eigenvalue weighted by Gasteiger charge is -2.21. The molecule has 35 heavy (non-hydrogen) atoms. The molecule has 2 aromatic carbocycles. The van der Waals surface area contributed by atoms with Crippen molar-refractivity contribution in [3.05, 3.63) is 62.4 Å². The third-order valence-corrected chi connectivity index (χ3v) is 7.90. The largest absolute Gasteiger partial charge is 0.481 e. The van der Waals surface area contributed by atoms with Gasteiger partial charge >= 0.3 is 12.1 Å². The molecule has 3 aromatic rings. The number of carboxylic acid groups (broad SMARTS) is 1. The molecule has 1 saturated carbocycles. The van der Waals surface area contributed by atoms with Crippen LogP contribution in [-0.2, 0) is 24.4 Å². The summed E-state index contributed by atoms with van der Waals surface area (Å²) in [6, 6.07) is 5.21. The number of nitrogens with zero attached hydrogens (tertiary/aromatic N) is 3. The fraction of sp³-hybridized carbons (Fsp3) is 0.375. The number of likely N-dealkylation sites (tertiary alicyclic amines) is 1. The summed E-state index contributed by atoms with van der Waals surface area (Å²) in [6.07, 6.45) is -4.37. The molecule has 1 saturated heterocycles. The first-order valence-corrected chi connectivity index (χ1v) is 11.7. The van der Waals surface area contributed by atoms with E-state index in [-0.39, 0.29) is 34.7 Å². The maximum atomic E-state index is 13.3. The molecule has 1 aliphatic heterocycles. The Balaban J connectivity index is 1.45. The van der Waals surface area contributed by atoms with Crippen LogP contribution in [0.2, 0.25) is 10.0 Å². The van der Waals surface area contributed by atoms with Crippen LogP contribution in [-0.4, -0.2) is 44.5 Å². The Morgan fingerprint density at radius 3 is 2.43 bits per heavy atom. The van der Waals surface area contributed by atoms with Crippen molar-refractivity contribution in [2.24, 2.45) is 24.8 Å². The predicted octanol–water partition coefficient (Wildman–Crippen LogP) is 5.20. The molecule has 5 rings (SSSR count). The van der Waals surface area contributed by atoms with Crippen LogP contribution in [0.5, 0.6) is 0 Å². The third-order valence-electron chi connectivity index (χ3n) is 7.11. The monoisotopic (exact) mass is 525 g/mol. The number of amides is 1. The van der Waals surface area contributed by atoms with Gasteiger partial charge in [0.25, 0.3) is 5.91 Å². The van der Waals surface area contributed by atoms with Crippen LogP contribution in [0.15, 0.2) is 24.3 Å². The number of alkyl halides is 3. The van der Waals surface area contributed by atoms with Crippen molar-refractivity contribution in [2.45, 2.75) is 19.5 Å². The van der Waals surface area contributed by atoms with E-state index in [1.165, 1.54) is 6.07 Å². The van der Waals surface area contributed by atoms with E-state index in [4.69, 9.17) is 23.2 Å². The molecule has 6 nitrogen and oxygen atoms in total. The van der Waals surface area contributed by atoms with Gasteiger partial charge in [-0.25, -0.2) is 4.98 Å². The molecule has 1 amide bonds. The third kappa shape index (κ3) is 3.94. The first-order chi connectivity index (χ1) is 16.4. The van der Waals surface area contributed by atoms with Gasteiger partial charge in [0.05, 0.1) is 33.1 Å². The second-order valence-corrected chi connectivity index (χ2v) is 10.00. The number of fused-ring (bicyclic) bond motifs is 2. The van der Waals surface area contributed by atoms with Crippen LogP contribution in [0.4, 0.5) is 13.2 Å². The normalized spacial score (nSPS) is 21.5. The predicted molar refractivity (Wildman–Crippen MR) is 124 cm³/mol. The molecule has 1 N–H and O–H groups in total. The van der Waals surface area contributed by atoms with Crippen molar-refractivity contribution >= 4 is 46.1 Å². The summed E-state index contributed by atoms with van der Waals surface area (Å²) in [4.78, 5) is 30.5. The van der Waals surface area contributed by atoms with Crippen molar-refractivity contribution in [3.8, 4) is 0 Å². The van der Waals surface area contributed by atoms with E-state index in [1.54, 1.807) is 29.5 Å². The molecule has 1 aromatic heterocycles. The number of hydrogen-bond donors (Lipinski definition) is 1. The number of piperidine rings is 1. The molecule has 0 bridgehead atoms. The quantitative estimate of drug-likeness (QED) is 0.507. The minimum Gasteiger partial charge on any atom is -0.481 e. The van der Waals surface area contributed by atoms with Crippen molar-refractivity contribution in [1.29, 1.82) is 0 Å². The zero-order chi connectivity index (χ0) is 25.4. The van der Waals surface area contributed by atoms with Gasteiger partial charge in [0, 0.05) is 31.6 Å². The van der Waals surface area contributed by atoms with Crippen LogP contribution in [0, 0.1) is 24.7 Å². The highest BCUT2D eigenvalue weighted by molar-refractivity contribution is 6.38. The van der Waals surface area contributed by atoms with Gasteiger partial charge in [-0.3, -0.25) is 9.59 Å². The molecule has 3 atom stereocenters. The number of benzene rings is 2. The van der Waals surface area contributed by atoms with E-state index in [2.05, 4.69) is 4.98 Å². The van der Waals surface area contributed by atoms with Crippen molar-refractivity contribution in [2.75, 3.05) is 13.1 Å². The second-order valence-electron chi connectivity index (χ2n) is 9.21. The molecule has 2 fully saturated rings. The fourth-order valence-electron chi connectivity index (χ4n) is 5.14. The van der Waals surface area contributed by atoms with Gasteiger partial charge < -0.3 is 14.6 Å². The zero-order valence-corrected chi connectivity index (χ0v) is 20.2. The Labute approximate surface area is 208 Å². The molecule has 2 aliphatic rings. The van der Waals surface area contributed by atoms with Gasteiger partial charge in [-0.2, -0.15) is 13.2 Å². The number of imidazole rings is 1. The number of aryl methyl sites for hydroxylation is 2. The lowest BCUT2D eigenvalue weighted by atomic mass is 10.1. The number of rotatable bonds is 4. The molecular formula is C24H20Cl2F3N3O3. The maximum Gasteiger partial charge on any atom is 0.416 e. The van der Waals surface area contributed by atoms with Crippen molar-refractivity contribution in [1.82, 2.24) is 14.5 Å². The van der Waals surface area contributed by atoms with Crippen LogP contribution in [0.25, 0.3) is 11.0 Å². The minimum absolute atomic E-state index is 0.0353. The van der Waals surface area contributed by atoms with Gasteiger partial charge in [-0.05, 0) is 54.2 Å². The summed E-state index contributed by atoms with van der Waals surface area (Å²) >= 11 is 13.0. The van der Waals surface area contributed by atoms with Gasteiger partial charge in [0.2, 0.25) is 0 Å². The van der Waals surface area contributed by atoms with E-state index < -0.39 is 23.6 Å². The zero-order valence-electron chi connectivity index (χ0n) is 18.7. The fourth-order valence-corrected chi connectivity index (χ4v) is 5.72. The summed E-state index contributed by atoms with van der Waals surface area (Å²) in [7, 11) is 1.62. The first kappa shape index (κ1) is 23.9. The van der Waals surface area contributed by atoms with Gasteiger partial charge in [-0.15, -0.1) is 0 Å². The summed E-state index contributed by atoms with van der Waals surface area (Å²) in [5.74, 6) is -1.16. The van der Waals surface area contributed by atoms with E-state index in [1.807, 2.05) is 0 Å². The second kappa shape index (κ2) is 8.13.